The number of quaternary nitrogens is 1. The van der Waals surface area contributed by atoms with Crippen molar-refractivity contribution in [1.29, 1.82) is 0 Å². The molecule has 0 spiro atoms. The van der Waals surface area contributed by atoms with E-state index in [0.29, 0.717) is 0 Å². The van der Waals surface area contributed by atoms with Gasteiger partial charge in [-0.1, -0.05) is 4.98 Å². The molecule has 0 amide bonds. The van der Waals surface area contributed by atoms with E-state index < -0.39 is 77.6 Å². The van der Waals surface area contributed by atoms with Crippen LogP contribution in [0.2, 0.25) is 0 Å². The fourth-order valence-electron chi connectivity index (χ4n) is 5.32. The number of nitrogen functional groups attached to an aromatic ring is 1. The molecule has 18 nitrogen and oxygen atoms in total. The zero-order valence-corrected chi connectivity index (χ0v) is 25.1. The summed E-state index contributed by atoms with van der Waals surface area (Å²) >= 11 is 0. The summed E-state index contributed by atoms with van der Waals surface area (Å²) < 4.78 is 45.5. The molecule has 0 radical (unpaired) electrons. The molecular weight excluding hydrogens is 602 g/mol. The summed E-state index contributed by atoms with van der Waals surface area (Å²) in [5.74, 6) is -0.896. The van der Waals surface area contributed by atoms with E-state index in [0.717, 1.165) is 0 Å². The Morgan fingerprint density at radius 2 is 1.62 bits per heavy atom. The van der Waals surface area contributed by atoms with Crippen LogP contribution in [0.4, 0.5) is 5.82 Å². The van der Waals surface area contributed by atoms with Gasteiger partial charge in [-0.15, -0.1) is 0 Å². The number of nitrogens with one attached hydrogen (secondary N) is 1. The van der Waals surface area contributed by atoms with Crippen LogP contribution >= 0.6 is 15.6 Å². The molecule has 6 rings (SSSR count). The number of rotatable bonds is 3. The topological polar surface area (TPSA) is 263 Å². The minimum Gasteiger partial charge on any atom is -0.756 e. The van der Waals surface area contributed by atoms with Gasteiger partial charge in [0.25, 0.3) is 21.5 Å². The fraction of sp³-hybridized carbons (Fsp3) is 0.773. The predicted molar refractivity (Wildman–Crippen MR) is 138 cm³/mol. The number of phosphoric acid groups is 2. The van der Waals surface area contributed by atoms with E-state index in [9.17, 15) is 39.3 Å². The molecule has 5 heterocycles. The summed E-state index contributed by atoms with van der Waals surface area (Å²) in [5.41, 5.74) is 6.56. The minimum atomic E-state index is -5.51. The largest absolute Gasteiger partial charge is 0.756 e. The number of aromatic nitrogens is 4. The third-order valence-corrected chi connectivity index (χ3v) is 10.4. The van der Waals surface area contributed by atoms with Crippen LogP contribution in [-0.2, 0) is 27.2 Å². The van der Waals surface area contributed by atoms with Gasteiger partial charge in [-0.05, 0) is 27.2 Å². The smallest absolute Gasteiger partial charge is 0.274 e. The number of hydrogen-bond acceptors (Lipinski definition) is 15. The summed E-state index contributed by atoms with van der Waals surface area (Å²) in [5, 5.41) is 41.8. The van der Waals surface area contributed by atoms with Crippen LogP contribution in [0.3, 0.4) is 0 Å². The van der Waals surface area contributed by atoms with Crippen LogP contribution in [0.15, 0.2) is 12.7 Å². The molecule has 2 fully saturated rings. The third-order valence-electron chi connectivity index (χ3n) is 7.88. The molecule has 10 atom stereocenters. The molecule has 8 bridgehead atoms. The van der Waals surface area contributed by atoms with Gasteiger partial charge < -0.3 is 54.6 Å². The number of imidazole rings is 1. The second-order valence-electron chi connectivity index (χ2n) is 10.3. The lowest BCUT2D eigenvalue weighted by Gasteiger charge is -2.32. The second kappa shape index (κ2) is 13.2. The van der Waals surface area contributed by atoms with Crippen molar-refractivity contribution >= 4 is 32.6 Å². The molecule has 1 saturated heterocycles. The Labute approximate surface area is 241 Å². The highest BCUT2D eigenvalue weighted by Gasteiger charge is 2.48. The molecule has 7 N–H and O–H groups in total. The highest BCUT2D eigenvalue weighted by atomic mass is 31.3. The molecule has 0 aromatic carbocycles. The molecule has 238 valence electrons. The van der Waals surface area contributed by atoms with Crippen molar-refractivity contribution in [2.24, 2.45) is 5.92 Å². The first kappa shape index (κ1) is 33.3. The Balaban J connectivity index is 0.000000517. The fourth-order valence-corrected chi connectivity index (χ4v) is 7.38. The standard InChI is InChI=1S/C16H23N5O12P2.C6H15N/c17-14-9-15-19-5-20(14)7-1-6(10(22)11(7)23)2-30-34(26,27)33-35(28,29)31-3-8-12(24)13(25)16(32-8)21(15)4-18-9;1-4-7(5-2)6-3/h4-8,10-13,16-17,22-25H,1-3H2,(H2,26,27,28,29);4-6H2,1-3H3/t6-,7-,8-,10+,11+,12-,13-,16-;/m1./s1. The molecule has 2 unspecified atom stereocenters. The highest BCUT2D eigenvalue weighted by Crippen LogP contribution is 2.56. The molecule has 2 aromatic heterocycles. The van der Waals surface area contributed by atoms with Crippen LogP contribution in [0.1, 0.15) is 39.5 Å². The average Bonchev–Trinajstić information content (AvgIpc) is 3.57. The van der Waals surface area contributed by atoms with Crippen LogP contribution in [0.25, 0.3) is 11.2 Å². The number of nitrogens with two attached hydrogens (primary N) is 1. The maximum Gasteiger partial charge on any atom is 0.274 e. The summed E-state index contributed by atoms with van der Waals surface area (Å²) in [4.78, 5) is 34.3. The van der Waals surface area contributed by atoms with Crippen LogP contribution in [0.5, 0.6) is 0 Å². The zero-order valence-electron chi connectivity index (χ0n) is 23.3. The van der Waals surface area contributed by atoms with Crippen molar-refractivity contribution in [2.45, 2.75) is 70.0 Å². The lowest BCUT2D eigenvalue weighted by atomic mass is 10.1. The Kier molecular flexibility index (Phi) is 10.4. The first-order valence-electron chi connectivity index (χ1n) is 13.6. The van der Waals surface area contributed by atoms with Crippen molar-refractivity contribution in [1.82, 2.24) is 14.5 Å². The van der Waals surface area contributed by atoms with Crippen molar-refractivity contribution in [3.8, 4) is 0 Å². The first-order valence-corrected chi connectivity index (χ1v) is 16.5. The summed E-state index contributed by atoms with van der Waals surface area (Å²) in [6.07, 6.45) is -6.26. The zero-order chi connectivity index (χ0) is 31.0. The quantitative estimate of drug-likeness (QED) is 0.138. The van der Waals surface area contributed by atoms with E-state index in [1.165, 1.54) is 41.4 Å². The number of phosphoric ester groups is 2. The first-order chi connectivity index (χ1) is 19.7. The molecular formula is C22H38N6O12P2. The summed E-state index contributed by atoms with van der Waals surface area (Å²) in [7, 11) is -11.0. The molecule has 4 aliphatic rings. The van der Waals surface area contributed by atoms with Gasteiger partial charge in [0.2, 0.25) is 12.0 Å². The van der Waals surface area contributed by atoms with Crippen LogP contribution in [0, 0.1) is 5.92 Å². The van der Waals surface area contributed by atoms with E-state index >= 15 is 0 Å². The maximum absolute atomic E-state index is 12.1. The normalized spacial score (nSPS) is 38.9. The van der Waals surface area contributed by atoms with Crippen molar-refractivity contribution in [3.05, 3.63) is 12.7 Å². The number of anilines is 1. The SMILES string of the molecule is CC[NH+](CC)CC.Nc1c2ncn3c2nc[n+]1[C@@H]1C[C@H](COP(=O)([O-])OP(=O)([O-])OC[C@H]2O[C@@H]3[C@H](O)[C@@H]2O)[C@H](O)[C@H]1O. The molecule has 42 heavy (non-hydrogen) atoms. The van der Waals surface area contributed by atoms with Gasteiger partial charge >= 0.3 is 0 Å². The molecule has 1 saturated carbocycles. The summed E-state index contributed by atoms with van der Waals surface area (Å²) in [6.45, 7) is 8.88. The van der Waals surface area contributed by atoms with E-state index in [1.54, 1.807) is 4.90 Å². The Morgan fingerprint density at radius 1 is 1.00 bits per heavy atom. The van der Waals surface area contributed by atoms with Gasteiger partial charge in [-0.2, -0.15) is 0 Å². The number of aliphatic hydroxyl groups is 4. The average molecular weight is 641 g/mol. The maximum atomic E-state index is 12.1. The number of nitrogens with zero attached hydrogens (tertiary/aromatic N) is 4. The third kappa shape index (κ3) is 6.86. The van der Waals surface area contributed by atoms with Crippen LogP contribution < -0.4 is 25.0 Å². The number of aliphatic hydroxyl groups excluding tert-OH is 4. The van der Waals surface area contributed by atoms with Crippen molar-refractivity contribution in [3.63, 3.8) is 0 Å². The second-order valence-corrected chi connectivity index (χ2v) is 13.3. The summed E-state index contributed by atoms with van der Waals surface area (Å²) in [6, 6.07) is -0.861. The lowest BCUT2D eigenvalue weighted by molar-refractivity contribution is -0.894. The van der Waals surface area contributed by atoms with Crippen molar-refractivity contribution < 1.29 is 66.9 Å². The van der Waals surface area contributed by atoms with Gasteiger partial charge in [-0.25, -0.2) is 13.9 Å². The lowest BCUT2D eigenvalue weighted by Crippen LogP contribution is -3.11. The monoisotopic (exact) mass is 640 g/mol. The van der Waals surface area contributed by atoms with Crippen molar-refractivity contribution in [2.75, 3.05) is 38.6 Å². The number of hydrogen-bond donors (Lipinski definition) is 6. The number of ether oxygens (including phenoxy) is 1. The van der Waals surface area contributed by atoms with Crippen LogP contribution in [-0.4, -0.2) is 98.3 Å². The molecule has 1 aliphatic carbocycles. The predicted octanol–water partition coefficient (Wildman–Crippen LogP) is -3.87. The molecule has 20 heteroatoms. The molecule has 2 aromatic rings. The van der Waals surface area contributed by atoms with E-state index in [1.807, 2.05) is 0 Å². The Bertz CT molecular complexity index is 1320. The number of fused-ring (bicyclic) bond motifs is 7. The van der Waals surface area contributed by atoms with Gasteiger partial charge in [-0.3, -0.25) is 13.7 Å². The minimum absolute atomic E-state index is 0.0189. The van der Waals surface area contributed by atoms with E-state index in [2.05, 4.69) is 44.1 Å². The van der Waals surface area contributed by atoms with Gasteiger partial charge in [0.05, 0.1) is 39.0 Å². The molecule has 3 aliphatic heterocycles. The Hall–Kier alpha value is -1.63. The van der Waals surface area contributed by atoms with Gasteiger partial charge in [0.15, 0.2) is 11.7 Å². The van der Waals surface area contributed by atoms with E-state index in [-0.39, 0.29) is 23.4 Å². The van der Waals surface area contributed by atoms with Gasteiger partial charge in [0, 0.05) is 5.92 Å². The highest BCUT2D eigenvalue weighted by molar-refractivity contribution is 7.59. The Morgan fingerprint density at radius 3 is 2.21 bits per heavy atom. The van der Waals surface area contributed by atoms with E-state index in [4.69, 9.17) is 10.5 Å². The van der Waals surface area contributed by atoms with Gasteiger partial charge in [0.1, 0.15) is 36.8 Å².